The number of urea groups is 1. The number of halogens is 3. The molecule has 186 valence electrons. The third kappa shape index (κ3) is 6.87. The first-order valence-corrected chi connectivity index (χ1v) is 11.7. The predicted octanol–water partition coefficient (Wildman–Crippen LogP) is 5.20. The fourth-order valence-corrected chi connectivity index (χ4v) is 4.71. The van der Waals surface area contributed by atoms with E-state index in [1.54, 1.807) is 30.6 Å². The Morgan fingerprint density at radius 1 is 1.06 bits per heavy atom. The number of hydrogen-bond acceptors (Lipinski definition) is 4. The number of carbonyl (C=O) groups is 2. The van der Waals surface area contributed by atoms with Crippen molar-refractivity contribution < 1.29 is 27.5 Å². The van der Waals surface area contributed by atoms with Crippen LogP contribution in [0.4, 0.5) is 18.0 Å². The van der Waals surface area contributed by atoms with Gasteiger partial charge in [-0.1, -0.05) is 12.1 Å². The van der Waals surface area contributed by atoms with Crippen LogP contribution in [0.1, 0.15) is 63.5 Å². The first kappa shape index (κ1) is 25.9. The van der Waals surface area contributed by atoms with Gasteiger partial charge < -0.3 is 14.5 Å². The van der Waals surface area contributed by atoms with Crippen LogP contribution >= 0.6 is 0 Å². The summed E-state index contributed by atoms with van der Waals surface area (Å²) >= 11 is 0. The van der Waals surface area contributed by atoms with Gasteiger partial charge in [-0.3, -0.25) is 4.79 Å². The van der Waals surface area contributed by atoms with Crippen LogP contribution in [0.15, 0.2) is 24.3 Å². The van der Waals surface area contributed by atoms with Crippen LogP contribution in [0.3, 0.4) is 0 Å². The van der Waals surface area contributed by atoms with Gasteiger partial charge >= 0.3 is 18.2 Å². The highest BCUT2D eigenvalue weighted by Crippen LogP contribution is 2.35. The minimum atomic E-state index is -4.41. The van der Waals surface area contributed by atoms with Crippen LogP contribution in [0.25, 0.3) is 0 Å². The number of piperidine rings is 2. The van der Waals surface area contributed by atoms with E-state index in [0.717, 1.165) is 12.1 Å². The van der Waals surface area contributed by atoms with Crippen molar-refractivity contribution in [2.24, 2.45) is 11.8 Å². The molecule has 9 heteroatoms. The number of carbonyl (C=O) groups excluding carboxylic acids is 2. The number of ether oxygens (including phenoxy) is 1. The van der Waals surface area contributed by atoms with E-state index in [0.29, 0.717) is 51.0 Å². The third-order valence-corrected chi connectivity index (χ3v) is 6.34. The van der Waals surface area contributed by atoms with Gasteiger partial charge in [0.15, 0.2) is 0 Å². The molecule has 2 amide bonds. The summed E-state index contributed by atoms with van der Waals surface area (Å²) < 4.78 is 44.5. The van der Waals surface area contributed by atoms with Gasteiger partial charge in [-0.05, 0) is 63.6 Å². The second-order valence-electron chi connectivity index (χ2n) is 10.3. The van der Waals surface area contributed by atoms with Gasteiger partial charge in [0.1, 0.15) is 5.60 Å². The highest BCUT2D eigenvalue weighted by atomic mass is 19.4. The summed E-state index contributed by atoms with van der Waals surface area (Å²) in [6.45, 7) is 7.11. The van der Waals surface area contributed by atoms with E-state index in [4.69, 9.17) is 10.00 Å². The highest BCUT2D eigenvalue weighted by molar-refractivity contribution is 5.75. The van der Waals surface area contributed by atoms with Crippen LogP contribution in [0.2, 0.25) is 0 Å². The molecule has 0 aliphatic carbocycles. The molecule has 2 heterocycles. The molecule has 2 unspecified atom stereocenters. The lowest BCUT2D eigenvalue weighted by molar-refractivity contribution is -0.156. The topological polar surface area (TPSA) is 73.6 Å². The van der Waals surface area contributed by atoms with Crippen LogP contribution in [0, 0.1) is 23.2 Å². The molecule has 2 saturated heterocycles. The quantitative estimate of drug-likeness (QED) is 0.559. The molecule has 2 aliphatic rings. The molecule has 3 rings (SSSR count). The number of amides is 2. The summed E-state index contributed by atoms with van der Waals surface area (Å²) in [5.74, 6) is -0.765. The molecule has 34 heavy (non-hydrogen) atoms. The Balaban J connectivity index is 1.77. The zero-order valence-electron chi connectivity index (χ0n) is 19.9. The van der Waals surface area contributed by atoms with Gasteiger partial charge in [-0.15, -0.1) is 0 Å². The van der Waals surface area contributed by atoms with Gasteiger partial charge in [-0.2, -0.15) is 18.4 Å². The number of nitrogens with zero attached hydrogens (tertiary/aromatic N) is 3. The Morgan fingerprint density at radius 2 is 1.68 bits per heavy atom. The van der Waals surface area contributed by atoms with Crippen molar-refractivity contribution in [1.82, 2.24) is 9.80 Å². The average Bonchev–Trinajstić information content (AvgIpc) is 2.76. The molecular formula is C25H32F3N3O3. The number of nitriles is 1. The summed E-state index contributed by atoms with van der Waals surface area (Å²) in [6, 6.07) is 7.15. The summed E-state index contributed by atoms with van der Waals surface area (Å²) in [5, 5.41) is 9.12. The van der Waals surface area contributed by atoms with E-state index >= 15 is 0 Å². The summed E-state index contributed by atoms with van der Waals surface area (Å²) in [7, 11) is 0. The lowest BCUT2D eigenvalue weighted by Gasteiger charge is -2.41. The lowest BCUT2D eigenvalue weighted by Crippen LogP contribution is -2.51. The lowest BCUT2D eigenvalue weighted by atomic mass is 9.83. The van der Waals surface area contributed by atoms with Crippen LogP contribution in [-0.4, -0.2) is 53.6 Å². The van der Waals surface area contributed by atoms with Crippen LogP contribution < -0.4 is 0 Å². The highest BCUT2D eigenvalue weighted by Gasteiger charge is 2.36. The Labute approximate surface area is 198 Å². The molecule has 2 atom stereocenters. The van der Waals surface area contributed by atoms with Crippen molar-refractivity contribution in [3.63, 3.8) is 0 Å². The number of alkyl halides is 3. The number of likely N-dealkylation sites (tertiary alicyclic amines) is 2. The van der Waals surface area contributed by atoms with E-state index < -0.39 is 17.3 Å². The summed E-state index contributed by atoms with van der Waals surface area (Å²) in [5.41, 5.74) is -0.632. The number of benzene rings is 1. The molecule has 0 saturated carbocycles. The Bertz CT molecular complexity index is 911. The molecule has 1 aromatic rings. The van der Waals surface area contributed by atoms with Crippen molar-refractivity contribution in [1.29, 1.82) is 5.26 Å². The van der Waals surface area contributed by atoms with Gasteiger partial charge in [0.25, 0.3) is 0 Å². The molecule has 0 N–H and O–H groups in total. The fourth-order valence-electron chi connectivity index (χ4n) is 4.71. The zero-order chi connectivity index (χ0) is 25.1. The van der Waals surface area contributed by atoms with Crippen molar-refractivity contribution >= 4 is 12.0 Å². The first-order valence-electron chi connectivity index (χ1n) is 11.7. The molecular weight excluding hydrogens is 447 g/mol. The van der Waals surface area contributed by atoms with Gasteiger partial charge in [0.2, 0.25) is 0 Å². The normalized spacial score (nSPS) is 22.3. The largest absolute Gasteiger partial charge is 0.460 e. The SMILES string of the molecule is CC(C)(C)OC(=O)CC1CC(c2ccc(C(F)(F)F)cc2)CN(C(=O)N2CCC(C#N)CC2)C1. The molecule has 2 aliphatic heterocycles. The van der Waals surface area contributed by atoms with Gasteiger partial charge in [-0.25, -0.2) is 4.79 Å². The van der Waals surface area contributed by atoms with Crippen molar-refractivity contribution in [3.05, 3.63) is 35.4 Å². The zero-order valence-corrected chi connectivity index (χ0v) is 19.9. The van der Waals surface area contributed by atoms with E-state index in [9.17, 15) is 22.8 Å². The fraction of sp³-hybridized carbons (Fsp3) is 0.640. The van der Waals surface area contributed by atoms with Gasteiger partial charge in [0.05, 0.1) is 18.1 Å². The average molecular weight is 480 g/mol. The van der Waals surface area contributed by atoms with Crippen LogP contribution in [-0.2, 0) is 15.7 Å². The third-order valence-electron chi connectivity index (χ3n) is 6.34. The minimum Gasteiger partial charge on any atom is -0.460 e. The van der Waals surface area contributed by atoms with Crippen molar-refractivity contribution in [2.45, 2.75) is 64.1 Å². The van der Waals surface area contributed by atoms with E-state index in [-0.39, 0.29) is 36.2 Å². The number of rotatable bonds is 3. The number of esters is 1. The molecule has 1 aromatic carbocycles. The Kier molecular flexibility index (Phi) is 7.79. The predicted molar refractivity (Wildman–Crippen MR) is 120 cm³/mol. The van der Waals surface area contributed by atoms with E-state index in [1.165, 1.54) is 12.1 Å². The smallest absolute Gasteiger partial charge is 0.416 e. The molecule has 0 bridgehead atoms. The van der Waals surface area contributed by atoms with E-state index in [1.807, 2.05) is 0 Å². The standard InChI is InChI=1S/C25H32F3N3O3/c1-24(2,3)34-22(32)13-18-12-20(19-4-6-21(7-5-19)25(26,27)28)16-31(15-18)23(33)30-10-8-17(14-29)9-11-30/h4-7,17-18,20H,8-13,15-16H2,1-3H3. The monoisotopic (exact) mass is 479 g/mol. The minimum absolute atomic E-state index is 0.0507. The Morgan fingerprint density at radius 3 is 2.21 bits per heavy atom. The molecule has 0 radical (unpaired) electrons. The van der Waals surface area contributed by atoms with Crippen molar-refractivity contribution in [3.8, 4) is 6.07 Å². The van der Waals surface area contributed by atoms with Gasteiger partial charge in [0, 0.05) is 38.0 Å². The summed E-state index contributed by atoms with van der Waals surface area (Å²) in [6.07, 6.45) is -2.46. The maximum Gasteiger partial charge on any atom is 0.416 e. The second-order valence-corrected chi connectivity index (χ2v) is 10.3. The number of hydrogen-bond donors (Lipinski definition) is 0. The van der Waals surface area contributed by atoms with Crippen molar-refractivity contribution in [2.75, 3.05) is 26.2 Å². The summed E-state index contributed by atoms with van der Waals surface area (Å²) in [4.78, 5) is 29.2. The molecule has 2 fully saturated rings. The maximum absolute atomic E-state index is 13.3. The second kappa shape index (κ2) is 10.2. The Hall–Kier alpha value is -2.76. The van der Waals surface area contributed by atoms with E-state index in [2.05, 4.69) is 6.07 Å². The molecule has 0 spiro atoms. The maximum atomic E-state index is 13.3. The molecule has 0 aromatic heterocycles. The first-order chi connectivity index (χ1) is 15.9. The molecule has 6 nitrogen and oxygen atoms in total. The van der Waals surface area contributed by atoms with Crippen LogP contribution in [0.5, 0.6) is 0 Å².